The molecule has 1 aliphatic carbocycles. The van der Waals surface area contributed by atoms with Crippen LogP contribution in [0.15, 0.2) is 12.3 Å². The highest BCUT2D eigenvalue weighted by molar-refractivity contribution is 5.78. The van der Waals surface area contributed by atoms with Crippen molar-refractivity contribution >= 4 is 17.1 Å². The standard InChI is InChI=1S/C13H15N3O2/c1-7-5-10-12(14-6-7)16(8(2)13(17)18)11(15-10)9-3-4-9/h5-6,8-9H,3-4H2,1-2H3,(H,17,18). The Hall–Kier alpha value is -1.91. The van der Waals surface area contributed by atoms with Crippen molar-refractivity contribution in [1.82, 2.24) is 14.5 Å². The molecule has 0 spiro atoms. The van der Waals surface area contributed by atoms with Gasteiger partial charge < -0.3 is 5.11 Å². The lowest BCUT2D eigenvalue weighted by molar-refractivity contribution is -0.140. The molecule has 3 rings (SSSR count). The molecule has 0 saturated heterocycles. The van der Waals surface area contributed by atoms with Crippen LogP contribution < -0.4 is 0 Å². The van der Waals surface area contributed by atoms with Crippen molar-refractivity contribution in [1.29, 1.82) is 0 Å². The third-order valence-electron chi connectivity index (χ3n) is 3.38. The highest BCUT2D eigenvalue weighted by Gasteiger charge is 2.32. The normalized spacial score (nSPS) is 17.0. The zero-order valence-corrected chi connectivity index (χ0v) is 10.4. The maximum Gasteiger partial charge on any atom is 0.326 e. The number of rotatable bonds is 3. The average Bonchev–Trinajstić information content (AvgIpc) is 3.09. The number of aryl methyl sites for hydroxylation is 1. The molecule has 5 heteroatoms. The van der Waals surface area contributed by atoms with Crippen LogP contribution in [0.5, 0.6) is 0 Å². The van der Waals surface area contributed by atoms with E-state index in [1.807, 2.05) is 13.0 Å². The monoisotopic (exact) mass is 245 g/mol. The maximum absolute atomic E-state index is 11.2. The van der Waals surface area contributed by atoms with Gasteiger partial charge in [-0.25, -0.2) is 14.8 Å². The van der Waals surface area contributed by atoms with E-state index in [9.17, 15) is 9.90 Å². The molecule has 2 aromatic rings. The van der Waals surface area contributed by atoms with Crippen LogP contribution in [0.3, 0.4) is 0 Å². The lowest BCUT2D eigenvalue weighted by Gasteiger charge is -2.12. The molecule has 0 aromatic carbocycles. The minimum absolute atomic E-state index is 0.404. The van der Waals surface area contributed by atoms with Crippen molar-refractivity contribution in [2.75, 3.05) is 0 Å². The van der Waals surface area contributed by atoms with Gasteiger partial charge >= 0.3 is 5.97 Å². The van der Waals surface area contributed by atoms with Gasteiger partial charge in [-0.2, -0.15) is 0 Å². The van der Waals surface area contributed by atoms with Crippen LogP contribution in [0.4, 0.5) is 0 Å². The van der Waals surface area contributed by atoms with E-state index < -0.39 is 12.0 Å². The molecule has 2 heterocycles. The summed E-state index contributed by atoms with van der Waals surface area (Å²) >= 11 is 0. The summed E-state index contributed by atoms with van der Waals surface area (Å²) in [5.74, 6) is 0.429. The molecule has 0 amide bonds. The number of hydrogen-bond donors (Lipinski definition) is 1. The van der Waals surface area contributed by atoms with E-state index in [2.05, 4.69) is 9.97 Å². The number of carboxylic acid groups (broad SMARTS) is 1. The van der Waals surface area contributed by atoms with Gasteiger partial charge in [0, 0.05) is 12.1 Å². The van der Waals surface area contributed by atoms with E-state index in [0.29, 0.717) is 11.6 Å². The lowest BCUT2D eigenvalue weighted by Crippen LogP contribution is -2.18. The lowest BCUT2D eigenvalue weighted by atomic mass is 10.3. The number of pyridine rings is 1. The Morgan fingerprint density at radius 2 is 2.28 bits per heavy atom. The van der Waals surface area contributed by atoms with Gasteiger partial charge in [-0.05, 0) is 38.3 Å². The van der Waals surface area contributed by atoms with E-state index >= 15 is 0 Å². The van der Waals surface area contributed by atoms with Crippen LogP contribution >= 0.6 is 0 Å². The largest absolute Gasteiger partial charge is 0.480 e. The highest BCUT2D eigenvalue weighted by Crippen LogP contribution is 2.41. The van der Waals surface area contributed by atoms with Crippen molar-refractivity contribution in [3.63, 3.8) is 0 Å². The van der Waals surface area contributed by atoms with E-state index in [0.717, 1.165) is 29.7 Å². The maximum atomic E-state index is 11.2. The Morgan fingerprint density at radius 3 is 2.89 bits per heavy atom. The number of nitrogens with zero attached hydrogens (tertiary/aromatic N) is 3. The van der Waals surface area contributed by atoms with Crippen molar-refractivity contribution < 1.29 is 9.90 Å². The first-order valence-electron chi connectivity index (χ1n) is 6.15. The molecule has 0 bridgehead atoms. The number of aliphatic carboxylic acids is 1. The summed E-state index contributed by atoms with van der Waals surface area (Å²) in [6.45, 7) is 3.64. The zero-order valence-electron chi connectivity index (χ0n) is 10.4. The molecule has 1 aliphatic rings. The molecular weight excluding hydrogens is 230 g/mol. The first-order chi connectivity index (χ1) is 8.58. The number of carbonyl (C=O) groups is 1. The van der Waals surface area contributed by atoms with Gasteiger partial charge in [-0.3, -0.25) is 4.57 Å². The Morgan fingerprint density at radius 1 is 1.56 bits per heavy atom. The van der Waals surface area contributed by atoms with Crippen LogP contribution in [0.25, 0.3) is 11.2 Å². The molecule has 18 heavy (non-hydrogen) atoms. The van der Waals surface area contributed by atoms with Crippen LogP contribution in [0, 0.1) is 6.92 Å². The molecule has 1 fully saturated rings. The fourth-order valence-electron chi connectivity index (χ4n) is 2.22. The third kappa shape index (κ3) is 1.66. The first-order valence-corrected chi connectivity index (χ1v) is 6.15. The van der Waals surface area contributed by atoms with Crippen molar-refractivity contribution in [2.45, 2.75) is 38.6 Å². The second-order valence-electron chi connectivity index (χ2n) is 4.98. The molecule has 2 aromatic heterocycles. The summed E-state index contributed by atoms with van der Waals surface area (Å²) in [4.78, 5) is 20.2. The molecule has 1 N–H and O–H groups in total. The second kappa shape index (κ2) is 3.80. The number of hydrogen-bond acceptors (Lipinski definition) is 3. The first kappa shape index (κ1) is 11.2. The number of carboxylic acids is 1. The Labute approximate surface area is 104 Å². The number of imidazole rings is 1. The van der Waals surface area contributed by atoms with Crippen molar-refractivity contribution in [2.24, 2.45) is 0 Å². The van der Waals surface area contributed by atoms with Crippen LogP contribution in [0.2, 0.25) is 0 Å². The molecule has 0 radical (unpaired) electrons. The topological polar surface area (TPSA) is 68.0 Å². The highest BCUT2D eigenvalue weighted by atomic mass is 16.4. The summed E-state index contributed by atoms with van der Waals surface area (Å²) in [5, 5.41) is 9.22. The quantitative estimate of drug-likeness (QED) is 0.900. The van der Waals surface area contributed by atoms with E-state index in [1.54, 1.807) is 17.7 Å². The molecule has 0 aliphatic heterocycles. The van der Waals surface area contributed by atoms with Crippen LogP contribution in [0.1, 0.15) is 43.1 Å². The molecule has 1 atom stereocenters. The van der Waals surface area contributed by atoms with Gasteiger partial charge in [0.05, 0.1) is 0 Å². The minimum atomic E-state index is -0.849. The van der Waals surface area contributed by atoms with Gasteiger partial charge in [0.1, 0.15) is 17.4 Å². The molecule has 1 unspecified atom stereocenters. The molecule has 5 nitrogen and oxygen atoms in total. The predicted octanol–water partition coefficient (Wildman–Crippen LogP) is 2.26. The Balaban J connectivity index is 2.24. The average molecular weight is 245 g/mol. The van der Waals surface area contributed by atoms with E-state index in [1.165, 1.54) is 0 Å². The fourth-order valence-corrected chi connectivity index (χ4v) is 2.22. The van der Waals surface area contributed by atoms with Gasteiger partial charge in [-0.1, -0.05) is 0 Å². The Kier molecular flexibility index (Phi) is 2.36. The summed E-state index contributed by atoms with van der Waals surface area (Å²) < 4.78 is 1.77. The summed E-state index contributed by atoms with van der Waals surface area (Å²) in [6, 6.07) is 1.33. The van der Waals surface area contributed by atoms with Gasteiger partial charge in [-0.15, -0.1) is 0 Å². The van der Waals surface area contributed by atoms with Crippen molar-refractivity contribution in [3.05, 3.63) is 23.7 Å². The zero-order chi connectivity index (χ0) is 12.9. The van der Waals surface area contributed by atoms with Gasteiger partial charge in [0.25, 0.3) is 0 Å². The smallest absolute Gasteiger partial charge is 0.326 e. The van der Waals surface area contributed by atoms with E-state index in [-0.39, 0.29) is 0 Å². The SMILES string of the molecule is Cc1cnc2c(c1)nc(C1CC1)n2C(C)C(=O)O. The van der Waals surface area contributed by atoms with Gasteiger partial charge in [0.15, 0.2) is 5.65 Å². The minimum Gasteiger partial charge on any atom is -0.480 e. The molecule has 1 saturated carbocycles. The number of fused-ring (bicyclic) bond motifs is 1. The Bertz CT molecular complexity index is 628. The predicted molar refractivity (Wildman–Crippen MR) is 66.6 cm³/mol. The summed E-state index contributed by atoms with van der Waals surface area (Å²) in [7, 11) is 0. The van der Waals surface area contributed by atoms with Crippen LogP contribution in [-0.2, 0) is 4.79 Å². The second-order valence-corrected chi connectivity index (χ2v) is 4.98. The molecule has 94 valence electrons. The number of aromatic nitrogens is 3. The van der Waals surface area contributed by atoms with Crippen LogP contribution in [-0.4, -0.2) is 25.6 Å². The van der Waals surface area contributed by atoms with E-state index in [4.69, 9.17) is 0 Å². The third-order valence-corrected chi connectivity index (χ3v) is 3.38. The van der Waals surface area contributed by atoms with Crippen molar-refractivity contribution in [3.8, 4) is 0 Å². The fraction of sp³-hybridized carbons (Fsp3) is 0.462. The van der Waals surface area contributed by atoms with Gasteiger partial charge in [0.2, 0.25) is 0 Å². The summed E-state index contributed by atoms with van der Waals surface area (Å²) in [6.07, 6.45) is 3.94. The summed E-state index contributed by atoms with van der Waals surface area (Å²) in [5.41, 5.74) is 2.51. The molecular formula is C13H15N3O2.